The van der Waals surface area contributed by atoms with Gasteiger partial charge in [0.05, 0.1) is 12.3 Å². The number of nitrogens with zero attached hydrogens (tertiary/aromatic N) is 1. The van der Waals surface area contributed by atoms with Gasteiger partial charge in [-0.3, -0.25) is 0 Å². The fraction of sp³-hybridized carbons (Fsp3) is 0.750. The van der Waals surface area contributed by atoms with Gasteiger partial charge >= 0.3 is 0 Å². The Bertz CT molecular complexity index is 339. The summed E-state index contributed by atoms with van der Waals surface area (Å²) in [5.74, 6) is 0. The number of aliphatic hydroxyl groups excluding tert-OH is 1. The van der Waals surface area contributed by atoms with Crippen LogP contribution in [-0.2, 0) is 18.6 Å². The third-order valence-corrected chi connectivity index (χ3v) is 3.30. The van der Waals surface area contributed by atoms with E-state index in [1.54, 1.807) is 11.3 Å². The van der Waals surface area contributed by atoms with Gasteiger partial charge in [0, 0.05) is 22.9 Å². The summed E-state index contributed by atoms with van der Waals surface area (Å²) >= 11 is 1.60. The van der Waals surface area contributed by atoms with Crippen molar-refractivity contribution in [2.24, 2.45) is 0 Å². The molecule has 0 spiro atoms. The molecular formula is C12H22N2OS. The summed E-state index contributed by atoms with van der Waals surface area (Å²) in [6.45, 7) is 11.6. The third kappa shape index (κ3) is 3.54. The molecule has 4 heteroatoms. The maximum atomic E-state index is 9.15. The SMILES string of the molecule is CC(C)NCc1sc(CO)nc1C(C)(C)C. The van der Waals surface area contributed by atoms with Crippen LogP contribution in [0.4, 0.5) is 0 Å². The van der Waals surface area contributed by atoms with E-state index in [1.165, 1.54) is 4.88 Å². The first-order chi connectivity index (χ1) is 7.34. The first kappa shape index (κ1) is 13.6. The molecule has 2 N–H and O–H groups in total. The second-order valence-electron chi connectivity index (χ2n) is 5.32. The molecule has 0 amide bonds. The average Bonchev–Trinajstić information content (AvgIpc) is 2.57. The highest BCUT2D eigenvalue weighted by atomic mass is 32.1. The highest BCUT2D eigenvalue weighted by Crippen LogP contribution is 2.29. The van der Waals surface area contributed by atoms with Gasteiger partial charge in [-0.05, 0) is 0 Å². The van der Waals surface area contributed by atoms with Gasteiger partial charge < -0.3 is 10.4 Å². The van der Waals surface area contributed by atoms with E-state index in [0.29, 0.717) is 6.04 Å². The molecule has 3 nitrogen and oxygen atoms in total. The number of hydrogen-bond donors (Lipinski definition) is 2. The van der Waals surface area contributed by atoms with E-state index in [0.717, 1.165) is 17.2 Å². The normalized spacial score (nSPS) is 12.4. The number of hydrogen-bond acceptors (Lipinski definition) is 4. The van der Waals surface area contributed by atoms with E-state index in [-0.39, 0.29) is 12.0 Å². The molecule has 0 radical (unpaired) electrons. The molecule has 0 aromatic carbocycles. The van der Waals surface area contributed by atoms with Crippen molar-refractivity contribution in [3.63, 3.8) is 0 Å². The lowest BCUT2D eigenvalue weighted by Gasteiger charge is -2.18. The molecular weight excluding hydrogens is 220 g/mol. The molecule has 0 unspecified atom stereocenters. The minimum absolute atomic E-state index is 0.0371. The van der Waals surface area contributed by atoms with E-state index in [1.807, 2.05) is 0 Å². The predicted octanol–water partition coefficient (Wildman–Crippen LogP) is 2.43. The van der Waals surface area contributed by atoms with E-state index in [9.17, 15) is 0 Å². The highest BCUT2D eigenvalue weighted by molar-refractivity contribution is 7.11. The zero-order valence-electron chi connectivity index (χ0n) is 10.8. The zero-order chi connectivity index (χ0) is 12.3. The van der Waals surface area contributed by atoms with Crippen LogP contribution in [-0.4, -0.2) is 16.1 Å². The van der Waals surface area contributed by atoms with Crippen molar-refractivity contribution in [3.8, 4) is 0 Å². The topological polar surface area (TPSA) is 45.1 Å². The van der Waals surface area contributed by atoms with Gasteiger partial charge in [-0.2, -0.15) is 0 Å². The van der Waals surface area contributed by atoms with E-state index in [4.69, 9.17) is 5.11 Å². The Morgan fingerprint density at radius 3 is 2.44 bits per heavy atom. The predicted molar refractivity (Wildman–Crippen MR) is 68.7 cm³/mol. The van der Waals surface area contributed by atoms with Gasteiger partial charge in [0.2, 0.25) is 0 Å². The van der Waals surface area contributed by atoms with Crippen LogP contribution in [0.3, 0.4) is 0 Å². The van der Waals surface area contributed by atoms with Crippen LogP contribution in [0, 0.1) is 0 Å². The number of aromatic nitrogens is 1. The summed E-state index contributed by atoms with van der Waals surface area (Å²) in [6, 6.07) is 0.465. The molecule has 0 saturated carbocycles. The Labute approximate surface area is 102 Å². The van der Waals surface area contributed by atoms with E-state index < -0.39 is 0 Å². The van der Waals surface area contributed by atoms with Crippen molar-refractivity contribution in [3.05, 3.63) is 15.6 Å². The van der Waals surface area contributed by atoms with E-state index >= 15 is 0 Å². The number of rotatable bonds is 4. The van der Waals surface area contributed by atoms with Crippen LogP contribution in [0.5, 0.6) is 0 Å². The minimum atomic E-state index is 0.0371. The maximum Gasteiger partial charge on any atom is 0.119 e. The van der Waals surface area contributed by atoms with Gasteiger partial charge in [0.25, 0.3) is 0 Å². The molecule has 16 heavy (non-hydrogen) atoms. The van der Waals surface area contributed by atoms with Crippen LogP contribution in [0.25, 0.3) is 0 Å². The van der Waals surface area contributed by atoms with Crippen LogP contribution in [0.1, 0.15) is 50.2 Å². The fourth-order valence-corrected chi connectivity index (χ4v) is 2.56. The summed E-state index contributed by atoms with van der Waals surface area (Å²) in [7, 11) is 0. The van der Waals surface area contributed by atoms with E-state index in [2.05, 4.69) is 44.9 Å². The summed E-state index contributed by atoms with van der Waals surface area (Å²) in [4.78, 5) is 5.75. The molecule has 1 aromatic heterocycles. The molecule has 1 aromatic rings. The van der Waals surface area contributed by atoms with Gasteiger partial charge in [-0.25, -0.2) is 4.98 Å². The highest BCUT2D eigenvalue weighted by Gasteiger charge is 2.22. The van der Waals surface area contributed by atoms with Gasteiger partial charge in [-0.1, -0.05) is 34.6 Å². The molecule has 0 aliphatic heterocycles. The van der Waals surface area contributed by atoms with Gasteiger partial charge in [0.15, 0.2) is 0 Å². The van der Waals surface area contributed by atoms with Crippen molar-refractivity contribution in [1.82, 2.24) is 10.3 Å². The monoisotopic (exact) mass is 242 g/mol. The number of thiazole rings is 1. The first-order valence-corrected chi connectivity index (χ1v) is 6.49. The fourth-order valence-electron chi connectivity index (χ4n) is 1.47. The van der Waals surface area contributed by atoms with Crippen LogP contribution in [0.15, 0.2) is 0 Å². The molecule has 1 heterocycles. The second-order valence-corrected chi connectivity index (χ2v) is 6.49. The van der Waals surface area contributed by atoms with Crippen molar-refractivity contribution in [2.75, 3.05) is 0 Å². The lowest BCUT2D eigenvalue weighted by molar-refractivity contribution is 0.280. The van der Waals surface area contributed by atoms with Crippen molar-refractivity contribution in [1.29, 1.82) is 0 Å². The summed E-state index contributed by atoms with van der Waals surface area (Å²) in [5.41, 5.74) is 1.15. The lowest BCUT2D eigenvalue weighted by Crippen LogP contribution is -2.23. The average molecular weight is 242 g/mol. The third-order valence-electron chi connectivity index (χ3n) is 2.26. The molecule has 0 fully saturated rings. The van der Waals surface area contributed by atoms with Crippen molar-refractivity contribution >= 4 is 11.3 Å². The van der Waals surface area contributed by atoms with Crippen LogP contribution >= 0.6 is 11.3 Å². The minimum Gasteiger partial charge on any atom is -0.389 e. The first-order valence-electron chi connectivity index (χ1n) is 5.68. The van der Waals surface area contributed by atoms with Gasteiger partial charge in [0.1, 0.15) is 5.01 Å². The molecule has 1 rings (SSSR count). The van der Waals surface area contributed by atoms with Gasteiger partial charge in [-0.15, -0.1) is 11.3 Å². The quantitative estimate of drug-likeness (QED) is 0.852. The summed E-state index contributed by atoms with van der Waals surface area (Å²) < 4.78 is 0. The zero-order valence-corrected chi connectivity index (χ0v) is 11.6. The molecule has 0 bridgehead atoms. The Balaban J connectivity index is 2.92. The largest absolute Gasteiger partial charge is 0.389 e. The molecule has 0 atom stereocenters. The van der Waals surface area contributed by atoms with Crippen LogP contribution in [0.2, 0.25) is 0 Å². The molecule has 92 valence electrons. The molecule has 0 aliphatic carbocycles. The van der Waals surface area contributed by atoms with Crippen molar-refractivity contribution in [2.45, 2.75) is 59.2 Å². The Morgan fingerprint density at radius 1 is 1.38 bits per heavy atom. The molecule has 0 saturated heterocycles. The Morgan fingerprint density at radius 2 is 2.00 bits per heavy atom. The Hall–Kier alpha value is -0.450. The van der Waals surface area contributed by atoms with Crippen molar-refractivity contribution < 1.29 is 5.11 Å². The maximum absolute atomic E-state index is 9.15. The molecule has 0 aliphatic rings. The smallest absolute Gasteiger partial charge is 0.119 e. The standard InChI is InChI=1S/C12H22N2OS/c1-8(2)13-6-9-11(12(3,4)5)14-10(7-15)16-9/h8,13,15H,6-7H2,1-5H3. The van der Waals surface area contributed by atoms with Crippen LogP contribution < -0.4 is 5.32 Å². The Kier molecular flexibility index (Phi) is 4.47. The lowest BCUT2D eigenvalue weighted by atomic mass is 9.91. The number of nitrogens with one attached hydrogen (secondary N) is 1. The summed E-state index contributed by atoms with van der Waals surface area (Å²) in [6.07, 6.45) is 0. The number of aliphatic hydroxyl groups is 1. The summed E-state index contributed by atoms with van der Waals surface area (Å²) in [5, 5.41) is 13.4. The second kappa shape index (κ2) is 5.25.